The summed E-state index contributed by atoms with van der Waals surface area (Å²) in [6, 6.07) is 1.95. The second kappa shape index (κ2) is 8.02. The molecular formula is C13H22N2O3. The molecule has 0 bridgehead atoms. The van der Waals surface area contributed by atoms with Crippen LogP contribution < -0.4 is 4.90 Å². The molecule has 0 fully saturated rings. The molecule has 1 heterocycles. The van der Waals surface area contributed by atoms with Gasteiger partial charge in [0.05, 0.1) is 19.8 Å². The molecule has 102 valence electrons. The first-order valence-corrected chi connectivity index (χ1v) is 6.02. The average molecular weight is 254 g/mol. The summed E-state index contributed by atoms with van der Waals surface area (Å²) in [7, 11) is 3.37. The lowest BCUT2D eigenvalue weighted by atomic mass is 10.2. The minimum absolute atomic E-state index is 0.0181. The zero-order valence-corrected chi connectivity index (χ0v) is 11.3. The van der Waals surface area contributed by atoms with Crippen LogP contribution in [-0.4, -0.2) is 50.6 Å². The van der Waals surface area contributed by atoms with E-state index in [-0.39, 0.29) is 6.61 Å². The smallest absolute Gasteiger partial charge is 0.131 e. The fraction of sp³-hybridized carbons (Fsp3) is 0.615. The highest BCUT2D eigenvalue weighted by atomic mass is 16.5. The van der Waals surface area contributed by atoms with Crippen molar-refractivity contribution >= 4 is 5.82 Å². The summed E-state index contributed by atoms with van der Waals surface area (Å²) < 4.78 is 10.2. The van der Waals surface area contributed by atoms with Crippen LogP contribution in [0.1, 0.15) is 11.1 Å². The third-order valence-corrected chi connectivity index (χ3v) is 2.72. The van der Waals surface area contributed by atoms with Crippen molar-refractivity contribution < 1.29 is 14.6 Å². The van der Waals surface area contributed by atoms with Crippen molar-refractivity contribution in [2.24, 2.45) is 0 Å². The highest BCUT2D eigenvalue weighted by Crippen LogP contribution is 2.17. The third-order valence-electron chi connectivity index (χ3n) is 2.72. The fourth-order valence-electron chi connectivity index (χ4n) is 1.77. The monoisotopic (exact) mass is 254 g/mol. The number of aliphatic hydroxyl groups is 1. The number of nitrogens with zero attached hydrogens (tertiary/aromatic N) is 2. The molecule has 1 aromatic rings. The zero-order valence-electron chi connectivity index (χ0n) is 11.3. The van der Waals surface area contributed by atoms with E-state index in [1.165, 1.54) is 0 Å². The van der Waals surface area contributed by atoms with Crippen molar-refractivity contribution in [2.75, 3.05) is 45.4 Å². The summed E-state index contributed by atoms with van der Waals surface area (Å²) in [5.74, 6) is 0.918. The molecule has 0 atom stereocenters. The Bertz CT molecular complexity index is 350. The van der Waals surface area contributed by atoms with E-state index in [1.54, 1.807) is 20.4 Å². The molecule has 1 N–H and O–H groups in total. The second-order valence-corrected chi connectivity index (χ2v) is 4.11. The van der Waals surface area contributed by atoms with Gasteiger partial charge in [0.2, 0.25) is 0 Å². The number of aryl methyl sites for hydroxylation is 1. The van der Waals surface area contributed by atoms with Crippen LogP contribution in [0.25, 0.3) is 0 Å². The molecule has 1 rings (SSSR count). The highest BCUT2D eigenvalue weighted by Gasteiger charge is 2.11. The summed E-state index contributed by atoms with van der Waals surface area (Å²) >= 11 is 0. The lowest BCUT2D eigenvalue weighted by Gasteiger charge is -2.24. The Morgan fingerprint density at radius 3 is 2.28 bits per heavy atom. The van der Waals surface area contributed by atoms with Crippen LogP contribution in [-0.2, 0) is 16.1 Å². The maximum atomic E-state index is 9.08. The van der Waals surface area contributed by atoms with E-state index < -0.39 is 0 Å². The average Bonchev–Trinajstić information content (AvgIpc) is 2.39. The summed E-state index contributed by atoms with van der Waals surface area (Å²) in [5.41, 5.74) is 1.88. The van der Waals surface area contributed by atoms with Crippen LogP contribution in [0.2, 0.25) is 0 Å². The van der Waals surface area contributed by atoms with E-state index in [0.29, 0.717) is 13.2 Å². The zero-order chi connectivity index (χ0) is 13.4. The number of pyridine rings is 1. The first-order chi connectivity index (χ1) is 8.72. The minimum Gasteiger partial charge on any atom is -0.392 e. The van der Waals surface area contributed by atoms with Crippen LogP contribution in [0.15, 0.2) is 12.3 Å². The predicted molar refractivity (Wildman–Crippen MR) is 70.9 cm³/mol. The Morgan fingerprint density at radius 1 is 1.22 bits per heavy atom. The van der Waals surface area contributed by atoms with Gasteiger partial charge in [-0.1, -0.05) is 0 Å². The van der Waals surface area contributed by atoms with Gasteiger partial charge in [-0.05, 0) is 24.1 Å². The first kappa shape index (κ1) is 14.9. The van der Waals surface area contributed by atoms with E-state index in [9.17, 15) is 0 Å². The molecule has 0 saturated carbocycles. The van der Waals surface area contributed by atoms with Crippen molar-refractivity contribution in [1.29, 1.82) is 0 Å². The molecule has 0 aromatic carbocycles. The van der Waals surface area contributed by atoms with Gasteiger partial charge in [0.1, 0.15) is 5.82 Å². The summed E-state index contributed by atoms with van der Waals surface area (Å²) in [6.45, 7) is 4.84. The molecule has 0 saturated heterocycles. The van der Waals surface area contributed by atoms with E-state index in [4.69, 9.17) is 14.6 Å². The maximum Gasteiger partial charge on any atom is 0.131 e. The van der Waals surface area contributed by atoms with Crippen LogP contribution in [0, 0.1) is 6.92 Å². The Labute approximate surface area is 108 Å². The number of anilines is 1. The molecule has 0 spiro atoms. The van der Waals surface area contributed by atoms with Crippen LogP contribution >= 0.6 is 0 Å². The number of aliphatic hydroxyl groups excluding tert-OH is 1. The molecular weight excluding hydrogens is 232 g/mol. The van der Waals surface area contributed by atoms with E-state index >= 15 is 0 Å². The number of aromatic nitrogens is 1. The van der Waals surface area contributed by atoms with Crippen molar-refractivity contribution in [1.82, 2.24) is 4.98 Å². The van der Waals surface area contributed by atoms with Gasteiger partial charge in [0.25, 0.3) is 0 Å². The van der Waals surface area contributed by atoms with Crippen molar-refractivity contribution in [3.8, 4) is 0 Å². The molecule has 0 unspecified atom stereocenters. The molecule has 0 aliphatic rings. The fourth-order valence-corrected chi connectivity index (χ4v) is 1.77. The van der Waals surface area contributed by atoms with E-state index in [0.717, 1.165) is 30.0 Å². The quantitative estimate of drug-likeness (QED) is 0.749. The number of methoxy groups -OCH3 is 2. The topological polar surface area (TPSA) is 54.8 Å². The largest absolute Gasteiger partial charge is 0.392 e. The number of rotatable bonds is 8. The molecule has 5 heteroatoms. The van der Waals surface area contributed by atoms with Crippen LogP contribution in [0.4, 0.5) is 5.82 Å². The number of hydrogen-bond acceptors (Lipinski definition) is 5. The van der Waals surface area contributed by atoms with Crippen LogP contribution in [0.5, 0.6) is 0 Å². The molecule has 1 aromatic heterocycles. The lowest BCUT2D eigenvalue weighted by Crippen LogP contribution is -2.32. The first-order valence-electron chi connectivity index (χ1n) is 6.02. The molecule has 0 aliphatic carbocycles. The van der Waals surface area contributed by atoms with Crippen molar-refractivity contribution in [2.45, 2.75) is 13.5 Å². The van der Waals surface area contributed by atoms with Gasteiger partial charge < -0.3 is 19.5 Å². The van der Waals surface area contributed by atoms with Gasteiger partial charge >= 0.3 is 0 Å². The predicted octanol–water partition coefficient (Wildman–Crippen LogP) is 0.982. The van der Waals surface area contributed by atoms with Crippen LogP contribution in [0.3, 0.4) is 0 Å². The van der Waals surface area contributed by atoms with Crippen molar-refractivity contribution in [3.63, 3.8) is 0 Å². The SMILES string of the molecule is COCCN(CCOC)c1ncc(CO)cc1C. The van der Waals surface area contributed by atoms with Gasteiger partial charge in [-0.3, -0.25) is 0 Å². The molecule has 0 radical (unpaired) electrons. The maximum absolute atomic E-state index is 9.08. The lowest BCUT2D eigenvalue weighted by molar-refractivity contribution is 0.190. The third kappa shape index (κ3) is 4.25. The Kier molecular flexibility index (Phi) is 6.64. The summed E-state index contributed by atoms with van der Waals surface area (Å²) in [4.78, 5) is 6.54. The summed E-state index contributed by atoms with van der Waals surface area (Å²) in [6.07, 6.45) is 1.70. The normalized spacial score (nSPS) is 10.7. The van der Waals surface area contributed by atoms with Gasteiger partial charge in [-0.2, -0.15) is 0 Å². The van der Waals surface area contributed by atoms with Crippen molar-refractivity contribution in [3.05, 3.63) is 23.4 Å². The standard InChI is InChI=1S/C13H22N2O3/c1-11-8-12(10-16)9-14-13(11)15(4-6-17-2)5-7-18-3/h8-9,16H,4-7,10H2,1-3H3. The summed E-state index contributed by atoms with van der Waals surface area (Å²) in [5, 5.41) is 9.08. The van der Waals surface area contributed by atoms with E-state index in [2.05, 4.69) is 9.88 Å². The number of ether oxygens (including phenoxy) is 2. The van der Waals surface area contributed by atoms with Gasteiger partial charge in [0.15, 0.2) is 0 Å². The Morgan fingerprint density at radius 2 is 1.83 bits per heavy atom. The van der Waals surface area contributed by atoms with Gasteiger partial charge in [0, 0.05) is 33.5 Å². The Balaban J connectivity index is 2.82. The molecule has 5 nitrogen and oxygen atoms in total. The Hall–Kier alpha value is -1.17. The second-order valence-electron chi connectivity index (χ2n) is 4.11. The van der Waals surface area contributed by atoms with Gasteiger partial charge in [-0.15, -0.1) is 0 Å². The number of hydrogen-bond donors (Lipinski definition) is 1. The molecule has 0 aliphatic heterocycles. The molecule has 0 amide bonds. The van der Waals surface area contributed by atoms with Gasteiger partial charge in [-0.25, -0.2) is 4.98 Å². The highest BCUT2D eigenvalue weighted by molar-refractivity contribution is 5.47. The minimum atomic E-state index is 0.0181. The molecule has 18 heavy (non-hydrogen) atoms. The van der Waals surface area contributed by atoms with E-state index in [1.807, 2.05) is 13.0 Å².